The standard InChI is InChI=1S/C20H26N4O5/c1-11-17(21)20(10-28-11)4-6-24(7-5-20)19(26)29-16-8-13-14(9-15(16)27-3)22-12(2)23-18(13)25/h8-9,11,17H,4-7,10,21H2,1-3H3,(H,22,23,25)/t11-,17+/m1/s1. The van der Waals surface area contributed by atoms with Gasteiger partial charge in [0.15, 0.2) is 11.5 Å². The van der Waals surface area contributed by atoms with Gasteiger partial charge in [-0.2, -0.15) is 0 Å². The van der Waals surface area contributed by atoms with Crippen LogP contribution in [0.2, 0.25) is 0 Å². The highest BCUT2D eigenvalue weighted by Crippen LogP contribution is 2.41. The molecule has 1 amide bonds. The van der Waals surface area contributed by atoms with E-state index in [9.17, 15) is 9.59 Å². The molecule has 0 aliphatic carbocycles. The molecule has 2 saturated heterocycles. The number of likely N-dealkylation sites (tertiary alicyclic amines) is 1. The molecule has 0 unspecified atom stereocenters. The van der Waals surface area contributed by atoms with Crippen molar-refractivity contribution in [2.45, 2.75) is 38.8 Å². The third kappa shape index (κ3) is 3.44. The van der Waals surface area contributed by atoms with Crippen molar-refractivity contribution in [3.8, 4) is 11.5 Å². The first-order chi connectivity index (χ1) is 13.8. The lowest BCUT2D eigenvalue weighted by atomic mass is 9.73. The van der Waals surface area contributed by atoms with Crippen molar-refractivity contribution >= 4 is 17.0 Å². The summed E-state index contributed by atoms with van der Waals surface area (Å²) in [5.41, 5.74) is 6.44. The van der Waals surface area contributed by atoms with Crippen LogP contribution < -0.4 is 20.8 Å². The highest BCUT2D eigenvalue weighted by molar-refractivity contribution is 5.83. The fourth-order valence-corrected chi connectivity index (χ4v) is 4.27. The summed E-state index contributed by atoms with van der Waals surface area (Å²) in [5, 5.41) is 0.333. The van der Waals surface area contributed by atoms with E-state index >= 15 is 0 Å². The van der Waals surface area contributed by atoms with Crippen LogP contribution in [0.5, 0.6) is 11.5 Å². The molecule has 4 rings (SSSR count). The summed E-state index contributed by atoms with van der Waals surface area (Å²) < 4.78 is 16.7. The van der Waals surface area contributed by atoms with Crippen molar-refractivity contribution in [2.24, 2.45) is 11.1 Å². The predicted molar refractivity (Wildman–Crippen MR) is 106 cm³/mol. The van der Waals surface area contributed by atoms with Crippen molar-refractivity contribution in [3.05, 3.63) is 28.3 Å². The maximum Gasteiger partial charge on any atom is 0.415 e. The summed E-state index contributed by atoms with van der Waals surface area (Å²) in [5.74, 6) is 1.03. The molecule has 2 aromatic rings. The Morgan fingerprint density at radius 1 is 1.34 bits per heavy atom. The zero-order valence-corrected chi connectivity index (χ0v) is 16.9. The SMILES string of the molecule is COc1cc2nc(C)[nH]c(=O)c2cc1OC(=O)N1CCC2(CC1)CO[C@H](C)[C@@H]2N. The Balaban J connectivity index is 1.51. The Bertz CT molecular complexity index is 996. The van der Waals surface area contributed by atoms with E-state index in [2.05, 4.69) is 9.97 Å². The zero-order chi connectivity index (χ0) is 20.8. The van der Waals surface area contributed by atoms with Crippen LogP contribution in [0, 0.1) is 12.3 Å². The first-order valence-electron chi connectivity index (χ1n) is 9.75. The lowest BCUT2D eigenvalue weighted by molar-refractivity contribution is 0.0669. The van der Waals surface area contributed by atoms with Gasteiger partial charge in [0.25, 0.3) is 5.56 Å². The number of rotatable bonds is 2. The molecule has 0 bridgehead atoms. The van der Waals surface area contributed by atoms with Gasteiger partial charge in [-0.3, -0.25) is 4.79 Å². The number of amides is 1. The van der Waals surface area contributed by atoms with Gasteiger partial charge >= 0.3 is 6.09 Å². The highest BCUT2D eigenvalue weighted by atomic mass is 16.6. The molecule has 9 heteroatoms. The second-order valence-corrected chi connectivity index (χ2v) is 7.93. The second-order valence-electron chi connectivity index (χ2n) is 7.93. The van der Waals surface area contributed by atoms with Gasteiger partial charge in [-0.1, -0.05) is 0 Å². The van der Waals surface area contributed by atoms with Gasteiger partial charge in [-0.15, -0.1) is 0 Å². The number of benzene rings is 1. The maximum absolute atomic E-state index is 12.7. The number of piperidine rings is 1. The molecule has 1 aromatic carbocycles. The van der Waals surface area contributed by atoms with Crippen LogP contribution in [0.1, 0.15) is 25.6 Å². The molecular formula is C20H26N4O5. The number of aromatic amines is 1. The lowest BCUT2D eigenvalue weighted by Gasteiger charge is -2.40. The first-order valence-corrected chi connectivity index (χ1v) is 9.75. The Kier molecular flexibility index (Phi) is 4.95. The van der Waals surface area contributed by atoms with E-state index in [4.69, 9.17) is 19.9 Å². The molecule has 0 saturated carbocycles. The normalized spacial score (nSPS) is 23.5. The van der Waals surface area contributed by atoms with Crippen LogP contribution in [0.3, 0.4) is 0 Å². The van der Waals surface area contributed by atoms with E-state index < -0.39 is 6.09 Å². The summed E-state index contributed by atoms with van der Waals surface area (Å²) in [6.45, 7) is 5.40. The van der Waals surface area contributed by atoms with Gasteiger partial charge in [0, 0.05) is 30.6 Å². The van der Waals surface area contributed by atoms with Crippen LogP contribution in [0.25, 0.3) is 10.9 Å². The molecule has 1 aromatic heterocycles. The zero-order valence-electron chi connectivity index (χ0n) is 16.9. The van der Waals surface area contributed by atoms with Crippen molar-refractivity contribution in [2.75, 3.05) is 26.8 Å². The number of carbonyl (C=O) groups excluding carboxylic acids is 1. The number of aromatic nitrogens is 2. The number of nitrogens with two attached hydrogens (primary N) is 1. The molecule has 2 aliphatic heterocycles. The van der Waals surface area contributed by atoms with Gasteiger partial charge in [0.1, 0.15) is 5.82 Å². The fourth-order valence-electron chi connectivity index (χ4n) is 4.27. The van der Waals surface area contributed by atoms with Gasteiger partial charge in [0.2, 0.25) is 0 Å². The molecule has 2 fully saturated rings. The molecule has 156 valence electrons. The predicted octanol–water partition coefficient (Wildman–Crippen LogP) is 1.57. The van der Waals surface area contributed by atoms with Crippen molar-refractivity contribution in [1.82, 2.24) is 14.9 Å². The Morgan fingerprint density at radius 3 is 2.69 bits per heavy atom. The van der Waals surface area contributed by atoms with Crippen molar-refractivity contribution < 1.29 is 19.0 Å². The monoisotopic (exact) mass is 402 g/mol. The Hall–Kier alpha value is -2.65. The molecule has 2 atom stereocenters. The average molecular weight is 402 g/mol. The number of aryl methyl sites for hydroxylation is 1. The number of nitrogens with one attached hydrogen (secondary N) is 1. The molecule has 2 aliphatic rings. The summed E-state index contributed by atoms with van der Waals surface area (Å²) in [7, 11) is 1.48. The van der Waals surface area contributed by atoms with Gasteiger partial charge in [0.05, 0.1) is 30.7 Å². The maximum atomic E-state index is 12.7. The van der Waals surface area contributed by atoms with Crippen molar-refractivity contribution in [1.29, 1.82) is 0 Å². The molecule has 29 heavy (non-hydrogen) atoms. The van der Waals surface area contributed by atoms with E-state index in [-0.39, 0.29) is 28.9 Å². The number of H-pyrrole nitrogens is 1. The van der Waals surface area contributed by atoms with E-state index in [0.717, 1.165) is 12.8 Å². The number of carbonyl (C=O) groups is 1. The van der Waals surface area contributed by atoms with E-state index in [0.29, 0.717) is 42.2 Å². The summed E-state index contributed by atoms with van der Waals surface area (Å²) in [6.07, 6.45) is 1.09. The Labute approximate surface area is 168 Å². The third-order valence-corrected chi connectivity index (χ3v) is 6.17. The highest BCUT2D eigenvalue weighted by Gasteiger charge is 2.48. The van der Waals surface area contributed by atoms with Crippen LogP contribution >= 0.6 is 0 Å². The molecule has 0 radical (unpaired) electrons. The van der Waals surface area contributed by atoms with E-state index in [1.807, 2.05) is 6.92 Å². The van der Waals surface area contributed by atoms with Crippen LogP contribution in [0.4, 0.5) is 4.79 Å². The number of nitrogens with zero attached hydrogens (tertiary/aromatic N) is 2. The number of hydrogen-bond acceptors (Lipinski definition) is 7. The van der Waals surface area contributed by atoms with E-state index in [1.54, 1.807) is 17.9 Å². The minimum atomic E-state index is -0.477. The van der Waals surface area contributed by atoms with E-state index in [1.165, 1.54) is 13.2 Å². The summed E-state index contributed by atoms with van der Waals surface area (Å²) in [4.78, 5) is 33.6. The molecule has 3 heterocycles. The molecular weight excluding hydrogens is 376 g/mol. The molecule has 9 nitrogen and oxygen atoms in total. The number of ether oxygens (including phenoxy) is 3. The van der Waals surface area contributed by atoms with Crippen molar-refractivity contribution in [3.63, 3.8) is 0 Å². The topological polar surface area (TPSA) is 120 Å². The van der Waals surface area contributed by atoms with Gasteiger partial charge < -0.3 is 29.8 Å². The third-order valence-electron chi connectivity index (χ3n) is 6.17. The number of hydrogen-bond donors (Lipinski definition) is 2. The summed E-state index contributed by atoms with van der Waals surface area (Å²) in [6, 6.07) is 3.07. The first kappa shape index (κ1) is 19.7. The quantitative estimate of drug-likeness (QED) is 0.782. The minimum absolute atomic E-state index is 0.0241. The van der Waals surface area contributed by atoms with Crippen LogP contribution in [-0.4, -0.2) is 59.9 Å². The van der Waals surface area contributed by atoms with Crippen LogP contribution in [0.15, 0.2) is 16.9 Å². The molecule has 3 N–H and O–H groups in total. The largest absolute Gasteiger partial charge is 0.493 e. The smallest absolute Gasteiger partial charge is 0.415 e. The van der Waals surface area contributed by atoms with Crippen LogP contribution in [-0.2, 0) is 4.74 Å². The summed E-state index contributed by atoms with van der Waals surface area (Å²) >= 11 is 0. The lowest BCUT2D eigenvalue weighted by Crippen LogP contribution is -2.52. The average Bonchev–Trinajstić information content (AvgIpc) is 2.97. The molecule has 1 spiro atoms. The van der Waals surface area contributed by atoms with Gasteiger partial charge in [-0.25, -0.2) is 9.78 Å². The fraction of sp³-hybridized carbons (Fsp3) is 0.550. The number of fused-ring (bicyclic) bond motifs is 1. The number of methoxy groups -OCH3 is 1. The van der Waals surface area contributed by atoms with Gasteiger partial charge in [-0.05, 0) is 32.8 Å². The minimum Gasteiger partial charge on any atom is -0.493 e. The second kappa shape index (κ2) is 7.31. The Morgan fingerprint density at radius 2 is 2.07 bits per heavy atom.